The lowest BCUT2D eigenvalue weighted by Crippen LogP contribution is -2.24. The van der Waals surface area contributed by atoms with E-state index in [1.54, 1.807) is 25.3 Å². The number of hydrogen-bond acceptors (Lipinski definition) is 4. The maximum atomic E-state index is 12.3. The third-order valence-electron chi connectivity index (χ3n) is 2.77. The van der Waals surface area contributed by atoms with Crippen molar-refractivity contribution < 1.29 is 8.42 Å². The second-order valence-electron chi connectivity index (χ2n) is 4.25. The Labute approximate surface area is 122 Å². The van der Waals surface area contributed by atoms with Gasteiger partial charge in [0.05, 0.1) is 17.8 Å². The van der Waals surface area contributed by atoms with Crippen LogP contribution >= 0.6 is 12.2 Å². The number of benzene rings is 1. The predicted octanol–water partition coefficient (Wildman–Crippen LogP) is 0.831. The van der Waals surface area contributed by atoms with E-state index in [-0.39, 0.29) is 16.4 Å². The van der Waals surface area contributed by atoms with Gasteiger partial charge in [-0.15, -0.1) is 0 Å². The Morgan fingerprint density at radius 1 is 1.50 bits per heavy atom. The Balaban J connectivity index is 2.28. The van der Waals surface area contributed by atoms with Crippen molar-refractivity contribution in [3.8, 4) is 0 Å². The molecule has 0 unspecified atom stereocenters. The molecule has 2 rings (SSSR count). The summed E-state index contributed by atoms with van der Waals surface area (Å²) in [5, 5.41) is 0. The Hall–Kier alpha value is -1.77. The van der Waals surface area contributed by atoms with Gasteiger partial charge in [-0.05, 0) is 18.6 Å². The molecule has 1 heterocycles. The van der Waals surface area contributed by atoms with Gasteiger partial charge in [0.15, 0.2) is 0 Å². The van der Waals surface area contributed by atoms with Crippen LogP contribution < -0.4 is 10.5 Å². The topological polar surface area (TPSA) is 101 Å². The van der Waals surface area contributed by atoms with Crippen molar-refractivity contribution in [3.63, 3.8) is 0 Å². The number of rotatable bonds is 5. The monoisotopic (exact) mass is 310 g/mol. The van der Waals surface area contributed by atoms with E-state index in [4.69, 9.17) is 18.0 Å². The molecule has 0 spiro atoms. The minimum Gasteiger partial charge on any atom is -0.389 e. The number of hydrogen-bond donors (Lipinski definition) is 3. The fraction of sp³-hybridized carbons (Fsp3) is 0.167. The zero-order valence-corrected chi connectivity index (χ0v) is 12.4. The zero-order chi connectivity index (χ0) is 14.8. The Kier molecular flexibility index (Phi) is 4.17. The van der Waals surface area contributed by atoms with Gasteiger partial charge >= 0.3 is 0 Å². The molecule has 1 aromatic carbocycles. The minimum atomic E-state index is -3.64. The number of thiocarbonyl (C=S) groups is 1. The number of nitrogens with zero attached hydrogens (tertiary/aromatic N) is 1. The number of nitrogens with two attached hydrogens (primary N) is 1. The number of aromatic nitrogens is 2. The van der Waals surface area contributed by atoms with Crippen molar-refractivity contribution in [2.24, 2.45) is 5.73 Å². The summed E-state index contributed by atoms with van der Waals surface area (Å²) >= 11 is 4.87. The van der Waals surface area contributed by atoms with Crippen LogP contribution in [0, 0.1) is 6.92 Å². The summed E-state index contributed by atoms with van der Waals surface area (Å²) in [6.07, 6.45) is 3.04. The van der Waals surface area contributed by atoms with Crippen LogP contribution in [-0.4, -0.2) is 23.4 Å². The van der Waals surface area contributed by atoms with Gasteiger partial charge in [0.25, 0.3) is 0 Å². The quantitative estimate of drug-likeness (QED) is 0.710. The number of nitrogens with one attached hydrogen (secondary N) is 2. The average Bonchev–Trinajstić information content (AvgIpc) is 2.89. The SMILES string of the molecule is Cc1ccc(C(N)=S)cc1S(=O)(=O)NCc1cnc[nH]1. The van der Waals surface area contributed by atoms with Gasteiger partial charge < -0.3 is 10.7 Å². The highest BCUT2D eigenvalue weighted by Gasteiger charge is 2.17. The molecule has 0 aliphatic heterocycles. The molecule has 1 aromatic heterocycles. The van der Waals surface area contributed by atoms with E-state index >= 15 is 0 Å². The van der Waals surface area contributed by atoms with E-state index in [9.17, 15) is 8.42 Å². The van der Waals surface area contributed by atoms with Gasteiger partial charge in [-0.3, -0.25) is 0 Å². The molecule has 0 saturated carbocycles. The van der Waals surface area contributed by atoms with Crippen molar-refractivity contribution in [2.75, 3.05) is 0 Å². The van der Waals surface area contributed by atoms with Crippen LogP contribution in [0.2, 0.25) is 0 Å². The highest BCUT2D eigenvalue weighted by atomic mass is 32.2. The summed E-state index contributed by atoms with van der Waals surface area (Å²) in [4.78, 5) is 6.98. The molecular weight excluding hydrogens is 296 g/mol. The maximum Gasteiger partial charge on any atom is 0.241 e. The van der Waals surface area contributed by atoms with Gasteiger partial charge in [0.2, 0.25) is 10.0 Å². The minimum absolute atomic E-state index is 0.138. The number of aromatic amines is 1. The van der Waals surface area contributed by atoms with Gasteiger partial charge in [0.1, 0.15) is 4.99 Å². The first-order valence-corrected chi connectivity index (χ1v) is 7.66. The van der Waals surface area contributed by atoms with Crippen molar-refractivity contribution in [2.45, 2.75) is 18.4 Å². The van der Waals surface area contributed by atoms with Crippen LogP contribution in [0.25, 0.3) is 0 Å². The second kappa shape index (κ2) is 5.70. The number of aryl methyl sites for hydroxylation is 1. The molecule has 4 N–H and O–H groups in total. The fourth-order valence-corrected chi connectivity index (χ4v) is 3.08. The molecule has 6 nitrogen and oxygen atoms in total. The Morgan fingerprint density at radius 2 is 2.25 bits per heavy atom. The van der Waals surface area contributed by atoms with E-state index in [1.165, 1.54) is 12.4 Å². The summed E-state index contributed by atoms with van der Waals surface area (Å²) in [7, 11) is -3.64. The van der Waals surface area contributed by atoms with E-state index in [2.05, 4.69) is 14.7 Å². The molecule has 2 aromatic rings. The van der Waals surface area contributed by atoms with E-state index in [0.29, 0.717) is 16.8 Å². The van der Waals surface area contributed by atoms with Crippen LogP contribution in [0.1, 0.15) is 16.8 Å². The van der Waals surface area contributed by atoms with Gasteiger partial charge in [-0.2, -0.15) is 0 Å². The molecule has 0 aliphatic rings. The fourth-order valence-electron chi connectivity index (χ4n) is 1.67. The predicted molar refractivity (Wildman–Crippen MR) is 79.7 cm³/mol. The van der Waals surface area contributed by atoms with Crippen LogP contribution in [-0.2, 0) is 16.6 Å². The zero-order valence-electron chi connectivity index (χ0n) is 10.8. The molecule has 8 heteroatoms. The molecule has 0 fully saturated rings. The molecule has 0 amide bonds. The third-order valence-corrected chi connectivity index (χ3v) is 4.55. The number of H-pyrrole nitrogens is 1. The highest BCUT2D eigenvalue weighted by molar-refractivity contribution is 7.89. The molecule has 106 valence electrons. The maximum absolute atomic E-state index is 12.3. The summed E-state index contributed by atoms with van der Waals surface area (Å²) in [6, 6.07) is 4.86. The standard InChI is InChI=1S/C12H14N4O2S2/c1-8-2-3-9(12(13)19)4-11(8)20(17,18)16-6-10-5-14-7-15-10/h2-5,7,16H,6H2,1H3,(H2,13,19)(H,14,15). The summed E-state index contributed by atoms with van der Waals surface area (Å²) < 4.78 is 27.1. The van der Waals surface area contributed by atoms with Gasteiger partial charge in [-0.1, -0.05) is 24.4 Å². The lowest BCUT2D eigenvalue weighted by atomic mass is 10.1. The lowest BCUT2D eigenvalue weighted by molar-refractivity contribution is 0.580. The van der Waals surface area contributed by atoms with Crippen LogP contribution in [0.4, 0.5) is 0 Å². The molecule has 0 saturated heterocycles. The van der Waals surface area contributed by atoms with Crippen LogP contribution in [0.15, 0.2) is 35.6 Å². The van der Waals surface area contributed by atoms with Crippen molar-refractivity contribution in [1.29, 1.82) is 0 Å². The molecule has 0 aliphatic carbocycles. The second-order valence-corrected chi connectivity index (χ2v) is 6.42. The highest BCUT2D eigenvalue weighted by Crippen LogP contribution is 2.17. The average molecular weight is 310 g/mol. The van der Waals surface area contributed by atoms with Crippen LogP contribution in [0.5, 0.6) is 0 Å². The Morgan fingerprint density at radius 3 is 2.85 bits per heavy atom. The number of imidazole rings is 1. The van der Waals surface area contributed by atoms with Crippen LogP contribution in [0.3, 0.4) is 0 Å². The van der Waals surface area contributed by atoms with Crippen molar-refractivity contribution >= 4 is 27.2 Å². The van der Waals surface area contributed by atoms with Gasteiger partial charge in [0, 0.05) is 17.5 Å². The van der Waals surface area contributed by atoms with E-state index < -0.39 is 10.0 Å². The van der Waals surface area contributed by atoms with E-state index in [1.807, 2.05) is 0 Å². The first-order valence-electron chi connectivity index (χ1n) is 5.77. The molecule has 20 heavy (non-hydrogen) atoms. The first kappa shape index (κ1) is 14.6. The lowest BCUT2D eigenvalue weighted by Gasteiger charge is -2.10. The Bertz CT molecular complexity index is 724. The molecule has 0 radical (unpaired) electrons. The molecular formula is C12H14N4O2S2. The first-order chi connectivity index (χ1) is 9.40. The summed E-state index contributed by atoms with van der Waals surface area (Å²) in [6.45, 7) is 1.85. The third kappa shape index (κ3) is 3.21. The summed E-state index contributed by atoms with van der Waals surface area (Å²) in [5.41, 5.74) is 7.36. The largest absolute Gasteiger partial charge is 0.389 e. The van der Waals surface area contributed by atoms with E-state index in [0.717, 1.165) is 0 Å². The summed E-state index contributed by atoms with van der Waals surface area (Å²) in [5.74, 6) is 0. The normalized spacial score (nSPS) is 11.4. The van der Waals surface area contributed by atoms with Crippen molar-refractivity contribution in [1.82, 2.24) is 14.7 Å². The number of sulfonamides is 1. The van der Waals surface area contributed by atoms with Gasteiger partial charge in [-0.25, -0.2) is 18.1 Å². The molecule has 0 atom stereocenters. The smallest absolute Gasteiger partial charge is 0.241 e. The molecule has 0 bridgehead atoms. The van der Waals surface area contributed by atoms with Crippen molar-refractivity contribution in [3.05, 3.63) is 47.5 Å².